The fourth-order valence-corrected chi connectivity index (χ4v) is 3.82. The zero-order valence-electron chi connectivity index (χ0n) is 13.4. The zero-order valence-corrected chi connectivity index (χ0v) is 15.0. The number of carbonyl (C=O) groups excluding carboxylic acids is 1. The predicted molar refractivity (Wildman–Crippen MR) is 102 cm³/mol. The van der Waals surface area contributed by atoms with Gasteiger partial charge in [-0.1, -0.05) is 17.7 Å². The molecule has 0 unspecified atom stereocenters. The number of ether oxygens (including phenoxy) is 1. The van der Waals surface area contributed by atoms with Crippen molar-refractivity contribution in [1.29, 1.82) is 0 Å². The lowest BCUT2D eigenvalue weighted by atomic mass is 10.2. The molecule has 0 saturated carbocycles. The third kappa shape index (κ3) is 3.97. The molecule has 0 aliphatic carbocycles. The van der Waals surface area contributed by atoms with E-state index in [9.17, 15) is 4.79 Å². The van der Waals surface area contributed by atoms with Crippen LogP contribution in [0, 0.1) is 0 Å². The van der Waals surface area contributed by atoms with Crippen LogP contribution >= 0.6 is 23.4 Å². The molecule has 0 spiro atoms. The topological polar surface area (TPSA) is 41.6 Å². The molecule has 1 heterocycles. The summed E-state index contributed by atoms with van der Waals surface area (Å²) >= 11 is 8.38. The van der Waals surface area contributed by atoms with Crippen molar-refractivity contribution < 1.29 is 9.53 Å². The number of amides is 1. The first kappa shape index (κ1) is 17.0. The standard InChI is InChI=1S/C18H19ClN2O2S/c1-23-15-4-2-3-13(11-15)18(22)20-14-5-6-17(16(19)12-14)21-7-9-24-10-8-21/h2-6,11-12H,7-10H2,1H3,(H,20,22). The van der Waals surface area contributed by atoms with E-state index in [2.05, 4.69) is 10.2 Å². The SMILES string of the molecule is COc1cccc(C(=O)Nc2ccc(N3CCSCC3)c(Cl)c2)c1. The summed E-state index contributed by atoms with van der Waals surface area (Å²) in [4.78, 5) is 14.6. The van der Waals surface area contributed by atoms with Crippen molar-refractivity contribution in [3.05, 3.63) is 53.1 Å². The molecule has 2 aromatic rings. The molecule has 0 atom stereocenters. The first-order valence-electron chi connectivity index (χ1n) is 7.75. The molecular formula is C18H19ClN2O2S. The van der Waals surface area contributed by atoms with Gasteiger partial charge in [-0.3, -0.25) is 4.79 Å². The molecule has 1 amide bonds. The number of hydrogen-bond donors (Lipinski definition) is 1. The monoisotopic (exact) mass is 362 g/mol. The molecule has 0 bridgehead atoms. The van der Waals surface area contributed by atoms with E-state index >= 15 is 0 Å². The van der Waals surface area contributed by atoms with Crippen molar-refractivity contribution in [3.63, 3.8) is 0 Å². The molecule has 1 N–H and O–H groups in total. The predicted octanol–water partition coefficient (Wildman–Crippen LogP) is 4.15. The van der Waals surface area contributed by atoms with Crippen LogP contribution in [0.2, 0.25) is 5.02 Å². The van der Waals surface area contributed by atoms with E-state index in [-0.39, 0.29) is 5.91 Å². The van der Waals surface area contributed by atoms with Crippen LogP contribution < -0.4 is 15.0 Å². The third-order valence-corrected chi connectivity index (χ3v) is 5.13. The van der Waals surface area contributed by atoms with Crippen LogP contribution in [0.15, 0.2) is 42.5 Å². The number of benzene rings is 2. The van der Waals surface area contributed by atoms with Crippen LogP contribution in [0.1, 0.15) is 10.4 Å². The molecular weight excluding hydrogens is 344 g/mol. The maximum Gasteiger partial charge on any atom is 0.255 e. The number of halogens is 1. The van der Waals surface area contributed by atoms with Crippen molar-refractivity contribution >= 4 is 40.6 Å². The fraction of sp³-hybridized carbons (Fsp3) is 0.278. The Hall–Kier alpha value is -1.85. The number of methoxy groups -OCH3 is 1. The number of anilines is 2. The van der Waals surface area contributed by atoms with Crippen LogP contribution in [0.25, 0.3) is 0 Å². The second kappa shape index (κ2) is 7.81. The Morgan fingerprint density at radius 1 is 1.21 bits per heavy atom. The summed E-state index contributed by atoms with van der Waals surface area (Å²) in [6, 6.07) is 12.7. The molecule has 0 radical (unpaired) electrons. The average molecular weight is 363 g/mol. The Kier molecular flexibility index (Phi) is 5.53. The van der Waals surface area contributed by atoms with Crippen molar-refractivity contribution in [1.82, 2.24) is 0 Å². The molecule has 1 aliphatic rings. The average Bonchev–Trinajstić information content (AvgIpc) is 2.62. The number of thioether (sulfide) groups is 1. The Bertz CT molecular complexity index is 733. The maximum atomic E-state index is 12.4. The van der Waals surface area contributed by atoms with Gasteiger partial charge in [0.2, 0.25) is 0 Å². The van der Waals surface area contributed by atoms with Gasteiger partial charge in [-0.05, 0) is 36.4 Å². The van der Waals surface area contributed by atoms with Gasteiger partial charge in [-0.25, -0.2) is 0 Å². The van der Waals surface area contributed by atoms with Crippen LogP contribution in [-0.4, -0.2) is 37.6 Å². The van der Waals surface area contributed by atoms with Crippen molar-refractivity contribution in [3.8, 4) is 5.75 Å². The Labute approximate surface area is 151 Å². The van der Waals surface area contributed by atoms with Gasteiger partial charge < -0.3 is 15.0 Å². The molecule has 2 aromatic carbocycles. The summed E-state index contributed by atoms with van der Waals surface area (Å²) < 4.78 is 5.15. The Balaban J connectivity index is 1.73. The third-order valence-electron chi connectivity index (χ3n) is 3.89. The van der Waals surface area contributed by atoms with Gasteiger partial charge >= 0.3 is 0 Å². The largest absolute Gasteiger partial charge is 0.497 e. The van der Waals surface area contributed by atoms with E-state index in [0.29, 0.717) is 22.0 Å². The quantitative estimate of drug-likeness (QED) is 0.887. The molecule has 1 saturated heterocycles. The van der Waals surface area contributed by atoms with E-state index in [4.69, 9.17) is 16.3 Å². The van der Waals surface area contributed by atoms with Crippen LogP contribution in [0.4, 0.5) is 11.4 Å². The van der Waals surface area contributed by atoms with Gasteiger partial charge in [0.25, 0.3) is 5.91 Å². The van der Waals surface area contributed by atoms with Crippen LogP contribution in [0.5, 0.6) is 5.75 Å². The molecule has 6 heteroatoms. The second-order valence-corrected chi connectivity index (χ2v) is 7.08. The fourth-order valence-electron chi connectivity index (χ4n) is 2.61. The lowest BCUT2D eigenvalue weighted by Crippen LogP contribution is -2.32. The normalized spacial score (nSPS) is 14.3. The lowest BCUT2D eigenvalue weighted by Gasteiger charge is -2.29. The van der Waals surface area contributed by atoms with Crippen molar-refractivity contribution in [2.45, 2.75) is 0 Å². The van der Waals surface area contributed by atoms with Crippen LogP contribution in [-0.2, 0) is 0 Å². The number of carbonyl (C=O) groups is 1. The van der Waals surface area contributed by atoms with E-state index in [1.165, 1.54) is 0 Å². The summed E-state index contributed by atoms with van der Waals surface area (Å²) in [6.07, 6.45) is 0. The summed E-state index contributed by atoms with van der Waals surface area (Å²) in [5.74, 6) is 2.70. The first-order chi connectivity index (χ1) is 11.7. The number of hydrogen-bond acceptors (Lipinski definition) is 4. The minimum absolute atomic E-state index is 0.188. The maximum absolute atomic E-state index is 12.4. The van der Waals surface area contributed by atoms with E-state index in [1.54, 1.807) is 37.4 Å². The van der Waals surface area contributed by atoms with Gasteiger partial charge in [0, 0.05) is 35.8 Å². The van der Waals surface area contributed by atoms with Gasteiger partial charge in [0.05, 0.1) is 17.8 Å². The molecule has 0 aromatic heterocycles. The molecule has 1 aliphatic heterocycles. The second-order valence-electron chi connectivity index (χ2n) is 5.45. The summed E-state index contributed by atoms with van der Waals surface area (Å²) in [7, 11) is 1.58. The van der Waals surface area contributed by atoms with E-state index < -0.39 is 0 Å². The highest BCUT2D eigenvalue weighted by Gasteiger charge is 2.15. The van der Waals surface area contributed by atoms with E-state index in [0.717, 1.165) is 30.3 Å². The number of rotatable bonds is 4. The minimum atomic E-state index is -0.188. The Morgan fingerprint density at radius 3 is 2.71 bits per heavy atom. The smallest absolute Gasteiger partial charge is 0.255 e. The summed E-state index contributed by atoms with van der Waals surface area (Å²) in [5, 5.41) is 3.54. The highest BCUT2D eigenvalue weighted by Crippen LogP contribution is 2.30. The van der Waals surface area contributed by atoms with E-state index in [1.807, 2.05) is 23.9 Å². The molecule has 1 fully saturated rings. The number of nitrogens with one attached hydrogen (secondary N) is 1. The number of nitrogens with zero attached hydrogens (tertiary/aromatic N) is 1. The highest BCUT2D eigenvalue weighted by atomic mass is 35.5. The molecule has 126 valence electrons. The zero-order chi connectivity index (χ0) is 16.9. The first-order valence-corrected chi connectivity index (χ1v) is 9.28. The van der Waals surface area contributed by atoms with Crippen LogP contribution in [0.3, 0.4) is 0 Å². The van der Waals surface area contributed by atoms with Gasteiger partial charge in [-0.15, -0.1) is 0 Å². The molecule has 24 heavy (non-hydrogen) atoms. The highest BCUT2D eigenvalue weighted by molar-refractivity contribution is 7.99. The van der Waals surface area contributed by atoms with Gasteiger partial charge in [0.15, 0.2) is 0 Å². The Morgan fingerprint density at radius 2 is 2.00 bits per heavy atom. The summed E-state index contributed by atoms with van der Waals surface area (Å²) in [6.45, 7) is 2.00. The lowest BCUT2D eigenvalue weighted by molar-refractivity contribution is 0.102. The molecule has 4 nitrogen and oxygen atoms in total. The molecule has 3 rings (SSSR count). The summed E-state index contributed by atoms with van der Waals surface area (Å²) in [5.41, 5.74) is 2.25. The van der Waals surface area contributed by atoms with Crippen molar-refractivity contribution in [2.75, 3.05) is 41.9 Å². The van der Waals surface area contributed by atoms with Gasteiger partial charge in [0.1, 0.15) is 5.75 Å². The minimum Gasteiger partial charge on any atom is -0.497 e. The van der Waals surface area contributed by atoms with Gasteiger partial charge in [-0.2, -0.15) is 11.8 Å². The van der Waals surface area contributed by atoms with Crippen molar-refractivity contribution in [2.24, 2.45) is 0 Å².